The van der Waals surface area contributed by atoms with E-state index in [0.29, 0.717) is 13.0 Å². The van der Waals surface area contributed by atoms with Crippen molar-refractivity contribution in [1.82, 2.24) is 9.88 Å². The number of carbonyl (C=O) groups is 1. The summed E-state index contributed by atoms with van der Waals surface area (Å²) in [5.41, 5.74) is 2.05. The molecule has 22 heavy (non-hydrogen) atoms. The zero-order valence-electron chi connectivity index (χ0n) is 12.7. The molecule has 1 aliphatic heterocycles. The molecule has 1 fully saturated rings. The van der Waals surface area contributed by atoms with Gasteiger partial charge in [0.25, 0.3) is 0 Å². The van der Waals surface area contributed by atoms with E-state index in [2.05, 4.69) is 23.1 Å². The van der Waals surface area contributed by atoms with Gasteiger partial charge < -0.3 is 9.47 Å². The summed E-state index contributed by atoms with van der Waals surface area (Å²) in [6.45, 7) is 2.98. The van der Waals surface area contributed by atoms with Gasteiger partial charge in [-0.15, -0.1) is 0 Å². The molecule has 2 heterocycles. The summed E-state index contributed by atoms with van der Waals surface area (Å²) in [6, 6.07) is 12.3. The molecule has 0 aliphatic carbocycles. The highest BCUT2D eigenvalue weighted by atomic mass is 16.5. The Balaban J connectivity index is 1.64. The Morgan fingerprint density at radius 1 is 1.36 bits per heavy atom. The number of esters is 1. The number of nitrogens with zero attached hydrogens (tertiary/aromatic N) is 2. The number of aromatic nitrogens is 1. The lowest BCUT2D eigenvalue weighted by atomic mass is 10.1. The van der Waals surface area contributed by atoms with Crippen molar-refractivity contribution in [3.63, 3.8) is 0 Å². The van der Waals surface area contributed by atoms with Crippen molar-refractivity contribution in [2.45, 2.75) is 19.1 Å². The number of fused-ring (bicyclic) bond motifs is 1. The van der Waals surface area contributed by atoms with Gasteiger partial charge in [-0.25, -0.2) is 0 Å². The number of morpholine rings is 1. The van der Waals surface area contributed by atoms with E-state index in [1.807, 2.05) is 18.2 Å². The van der Waals surface area contributed by atoms with Gasteiger partial charge in [-0.1, -0.05) is 24.3 Å². The van der Waals surface area contributed by atoms with Crippen molar-refractivity contribution in [3.8, 4) is 0 Å². The Bertz CT molecular complexity index is 659. The zero-order valence-corrected chi connectivity index (χ0v) is 12.7. The molecule has 0 N–H and O–H groups in total. The van der Waals surface area contributed by atoms with Crippen LogP contribution in [-0.4, -0.2) is 48.8 Å². The average Bonchev–Trinajstić information content (AvgIpc) is 2.55. The summed E-state index contributed by atoms with van der Waals surface area (Å²) in [6.07, 6.45) is 0.208. The minimum atomic E-state index is -0.226. The van der Waals surface area contributed by atoms with E-state index >= 15 is 0 Å². The second-order valence-electron chi connectivity index (χ2n) is 5.50. The summed E-state index contributed by atoms with van der Waals surface area (Å²) >= 11 is 0. The molecule has 1 saturated heterocycles. The summed E-state index contributed by atoms with van der Waals surface area (Å²) in [5, 5.41) is 1.15. The number of pyridine rings is 1. The van der Waals surface area contributed by atoms with E-state index in [9.17, 15) is 4.79 Å². The molecule has 0 radical (unpaired) electrons. The van der Waals surface area contributed by atoms with Crippen molar-refractivity contribution in [1.29, 1.82) is 0 Å². The highest BCUT2D eigenvalue weighted by Gasteiger charge is 2.23. The van der Waals surface area contributed by atoms with Crippen LogP contribution in [0, 0.1) is 0 Å². The fourth-order valence-corrected chi connectivity index (χ4v) is 2.74. The average molecular weight is 300 g/mol. The number of ether oxygens (including phenoxy) is 2. The monoisotopic (exact) mass is 300 g/mol. The molecule has 2 aromatic rings. The lowest BCUT2D eigenvalue weighted by Gasteiger charge is -2.32. The van der Waals surface area contributed by atoms with Crippen LogP contribution < -0.4 is 0 Å². The van der Waals surface area contributed by atoms with E-state index in [1.54, 1.807) is 0 Å². The molecule has 0 bridgehead atoms. The summed E-state index contributed by atoms with van der Waals surface area (Å²) < 4.78 is 10.3. The van der Waals surface area contributed by atoms with Crippen LogP contribution in [0.5, 0.6) is 0 Å². The van der Waals surface area contributed by atoms with Gasteiger partial charge in [-0.2, -0.15) is 0 Å². The molecule has 1 aliphatic rings. The number of methoxy groups -OCH3 is 1. The van der Waals surface area contributed by atoms with Crippen LogP contribution in [0.4, 0.5) is 0 Å². The first-order valence-electron chi connectivity index (χ1n) is 7.50. The number of hydrogen-bond acceptors (Lipinski definition) is 5. The number of benzene rings is 1. The van der Waals surface area contributed by atoms with Crippen LogP contribution in [0.1, 0.15) is 12.1 Å². The molecule has 0 spiro atoms. The number of carbonyl (C=O) groups excluding carboxylic acids is 1. The van der Waals surface area contributed by atoms with Gasteiger partial charge in [0.15, 0.2) is 0 Å². The Morgan fingerprint density at radius 3 is 3.09 bits per heavy atom. The van der Waals surface area contributed by atoms with Gasteiger partial charge in [-0.3, -0.25) is 14.7 Å². The second kappa shape index (κ2) is 6.85. The van der Waals surface area contributed by atoms with Crippen molar-refractivity contribution in [2.24, 2.45) is 0 Å². The normalized spacial score (nSPS) is 19.2. The van der Waals surface area contributed by atoms with Crippen molar-refractivity contribution in [2.75, 3.05) is 26.8 Å². The third-order valence-corrected chi connectivity index (χ3v) is 3.89. The van der Waals surface area contributed by atoms with Gasteiger partial charge in [0, 0.05) is 25.0 Å². The van der Waals surface area contributed by atoms with Crippen molar-refractivity contribution in [3.05, 3.63) is 42.1 Å². The van der Waals surface area contributed by atoms with E-state index in [4.69, 9.17) is 14.5 Å². The standard InChI is InChI=1S/C17H20N2O3/c1-21-17(20)10-15-12-19(8-9-22-15)11-14-7-6-13-4-2-3-5-16(13)18-14/h2-7,15H,8-12H2,1H3/t15-/m0/s1. The molecule has 116 valence electrons. The van der Waals surface area contributed by atoms with Crippen LogP contribution in [-0.2, 0) is 20.8 Å². The summed E-state index contributed by atoms with van der Waals surface area (Å²) in [7, 11) is 1.40. The van der Waals surface area contributed by atoms with Crippen LogP contribution in [0.15, 0.2) is 36.4 Å². The van der Waals surface area contributed by atoms with Crippen molar-refractivity contribution >= 4 is 16.9 Å². The van der Waals surface area contributed by atoms with E-state index in [1.165, 1.54) is 7.11 Å². The molecule has 0 unspecified atom stereocenters. The van der Waals surface area contributed by atoms with Crippen LogP contribution >= 0.6 is 0 Å². The SMILES string of the molecule is COC(=O)C[C@H]1CN(Cc2ccc3ccccc3n2)CCO1. The molecule has 5 nitrogen and oxygen atoms in total. The van der Waals surface area contributed by atoms with Gasteiger partial charge in [0.2, 0.25) is 0 Å². The predicted octanol–water partition coefficient (Wildman–Crippen LogP) is 2.00. The van der Waals surface area contributed by atoms with E-state index < -0.39 is 0 Å². The lowest BCUT2D eigenvalue weighted by molar-refractivity contribution is -0.145. The molecular weight excluding hydrogens is 280 g/mol. The van der Waals surface area contributed by atoms with E-state index in [0.717, 1.165) is 36.2 Å². The fourth-order valence-electron chi connectivity index (χ4n) is 2.74. The Labute approximate surface area is 129 Å². The Morgan fingerprint density at radius 2 is 2.23 bits per heavy atom. The number of rotatable bonds is 4. The van der Waals surface area contributed by atoms with Gasteiger partial charge >= 0.3 is 5.97 Å². The van der Waals surface area contributed by atoms with Crippen molar-refractivity contribution < 1.29 is 14.3 Å². The van der Waals surface area contributed by atoms with E-state index in [-0.39, 0.29) is 12.1 Å². The van der Waals surface area contributed by atoms with Gasteiger partial charge in [-0.05, 0) is 12.1 Å². The minimum Gasteiger partial charge on any atom is -0.469 e. The first-order valence-corrected chi connectivity index (χ1v) is 7.50. The van der Waals surface area contributed by atoms with Crippen LogP contribution in [0.3, 0.4) is 0 Å². The van der Waals surface area contributed by atoms with Crippen LogP contribution in [0.2, 0.25) is 0 Å². The third kappa shape index (κ3) is 3.61. The quantitative estimate of drug-likeness (QED) is 0.808. The molecule has 1 aromatic heterocycles. The van der Waals surface area contributed by atoms with Crippen LogP contribution in [0.25, 0.3) is 10.9 Å². The minimum absolute atomic E-state index is 0.0957. The largest absolute Gasteiger partial charge is 0.469 e. The number of hydrogen-bond donors (Lipinski definition) is 0. The highest BCUT2D eigenvalue weighted by Crippen LogP contribution is 2.15. The maximum absolute atomic E-state index is 11.4. The number of para-hydroxylation sites is 1. The fraction of sp³-hybridized carbons (Fsp3) is 0.412. The summed E-state index contributed by atoms with van der Waals surface area (Å²) in [5.74, 6) is -0.226. The maximum atomic E-state index is 11.4. The first-order chi connectivity index (χ1) is 10.7. The third-order valence-electron chi connectivity index (χ3n) is 3.89. The zero-order chi connectivity index (χ0) is 15.4. The molecule has 1 atom stereocenters. The first kappa shape index (κ1) is 14.9. The Kier molecular flexibility index (Phi) is 4.65. The van der Waals surface area contributed by atoms with Gasteiger partial charge in [0.1, 0.15) is 0 Å². The van der Waals surface area contributed by atoms with Gasteiger partial charge in [0.05, 0.1) is 37.5 Å². The molecule has 1 aromatic carbocycles. The molecular formula is C17H20N2O3. The molecule has 3 rings (SSSR count). The maximum Gasteiger partial charge on any atom is 0.308 e. The second-order valence-corrected chi connectivity index (χ2v) is 5.50. The summed E-state index contributed by atoms with van der Waals surface area (Å²) in [4.78, 5) is 18.3. The lowest BCUT2D eigenvalue weighted by Crippen LogP contribution is -2.43. The molecule has 0 amide bonds. The Hall–Kier alpha value is -1.98. The predicted molar refractivity (Wildman–Crippen MR) is 83.4 cm³/mol. The molecule has 5 heteroatoms. The highest BCUT2D eigenvalue weighted by molar-refractivity contribution is 5.78. The smallest absolute Gasteiger partial charge is 0.308 e. The molecule has 0 saturated carbocycles. The topological polar surface area (TPSA) is 51.7 Å².